The molecule has 1 amide bonds. The molecule has 0 saturated carbocycles. The summed E-state index contributed by atoms with van der Waals surface area (Å²) in [4.78, 5) is 12.1. The van der Waals surface area contributed by atoms with Crippen LogP contribution in [0.1, 0.15) is 37.8 Å². The fraction of sp³-hybridized carbons (Fsp3) is 0.409. The lowest BCUT2D eigenvalue weighted by Crippen LogP contribution is -2.41. The number of carbonyl (C=O) groups excluding carboxylic acids is 1. The summed E-state index contributed by atoms with van der Waals surface area (Å²) in [6.45, 7) is 5.55. The van der Waals surface area contributed by atoms with Crippen LogP contribution >= 0.6 is 0 Å². The first-order valence-electron chi connectivity index (χ1n) is 9.37. The highest BCUT2D eigenvalue weighted by Crippen LogP contribution is 2.43. The van der Waals surface area contributed by atoms with Crippen LogP contribution in [0.4, 0.5) is 5.69 Å². The molecule has 3 N–H and O–H groups in total. The highest BCUT2D eigenvalue weighted by Gasteiger charge is 2.36. The standard InChI is InChI=1S/C22H28N2O2/c1-16(14-23-15-21(26)24-18-8-4-3-5-9-18)22(2)12-6-7-17-10-11-19(25)13-20(17)22/h3-5,8-11,13,16,23,25H,6-7,12,14-15H2,1-2H3,(H,24,26). The summed E-state index contributed by atoms with van der Waals surface area (Å²) in [6.07, 6.45) is 3.33. The minimum Gasteiger partial charge on any atom is -0.508 e. The summed E-state index contributed by atoms with van der Waals surface area (Å²) >= 11 is 0. The molecular formula is C22H28N2O2. The molecule has 0 aliphatic heterocycles. The number of para-hydroxylation sites is 1. The van der Waals surface area contributed by atoms with Gasteiger partial charge < -0.3 is 15.7 Å². The molecule has 1 aliphatic carbocycles. The van der Waals surface area contributed by atoms with Crippen molar-refractivity contribution in [1.29, 1.82) is 0 Å². The third kappa shape index (κ3) is 4.07. The lowest BCUT2D eigenvalue weighted by Gasteiger charge is -2.41. The first-order chi connectivity index (χ1) is 12.5. The molecule has 2 unspecified atom stereocenters. The van der Waals surface area contributed by atoms with E-state index in [4.69, 9.17) is 0 Å². The summed E-state index contributed by atoms with van der Waals surface area (Å²) in [7, 11) is 0. The maximum Gasteiger partial charge on any atom is 0.238 e. The Hall–Kier alpha value is -2.33. The van der Waals surface area contributed by atoms with Crippen molar-refractivity contribution in [3.05, 3.63) is 59.7 Å². The molecule has 26 heavy (non-hydrogen) atoms. The second-order valence-electron chi connectivity index (χ2n) is 7.56. The van der Waals surface area contributed by atoms with Gasteiger partial charge in [0.2, 0.25) is 5.91 Å². The average Bonchev–Trinajstić information content (AvgIpc) is 2.63. The van der Waals surface area contributed by atoms with Gasteiger partial charge >= 0.3 is 0 Å². The number of benzene rings is 2. The molecule has 0 heterocycles. The monoisotopic (exact) mass is 352 g/mol. The van der Waals surface area contributed by atoms with Crippen molar-refractivity contribution in [3.63, 3.8) is 0 Å². The summed E-state index contributed by atoms with van der Waals surface area (Å²) in [5.74, 6) is 0.655. The Morgan fingerprint density at radius 2 is 2.00 bits per heavy atom. The Balaban J connectivity index is 1.58. The average molecular weight is 352 g/mol. The Bertz CT molecular complexity index is 760. The first-order valence-corrected chi connectivity index (χ1v) is 9.37. The molecule has 138 valence electrons. The number of phenolic OH excluding ortho intramolecular Hbond substituents is 1. The third-order valence-corrected chi connectivity index (χ3v) is 5.73. The highest BCUT2D eigenvalue weighted by molar-refractivity contribution is 5.92. The Labute approximate surface area is 155 Å². The number of rotatable bonds is 6. The van der Waals surface area contributed by atoms with Crippen LogP contribution in [-0.2, 0) is 16.6 Å². The Kier molecular flexibility index (Phi) is 5.62. The number of carbonyl (C=O) groups is 1. The fourth-order valence-corrected chi connectivity index (χ4v) is 3.96. The number of aryl methyl sites for hydroxylation is 1. The number of anilines is 1. The maximum absolute atomic E-state index is 12.1. The number of fused-ring (bicyclic) bond motifs is 1. The maximum atomic E-state index is 12.1. The van der Waals surface area contributed by atoms with Gasteiger partial charge in [0.1, 0.15) is 5.75 Å². The summed E-state index contributed by atoms with van der Waals surface area (Å²) in [5, 5.41) is 16.1. The van der Waals surface area contributed by atoms with Crippen LogP contribution in [0.2, 0.25) is 0 Å². The van der Waals surface area contributed by atoms with Gasteiger partial charge in [0.15, 0.2) is 0 Å². The number of amides is 1. The molecule has 4 nitrogen and oxygen atoms in total. The van der Waals surface area contributed by atoms with Crippen LogP contribution in [0.25, 0.3) is 0 Å². The van der Waals surface area contributed by atoms with Gasteiger partial charge in [-0.1, -0.05) is 38.1 Å². The zero-order valence-corrected chi connectivity index (χ0v) is 15.6. The van der Waals surface area contributed by atoms with Crippen LogP contribution in [0.15, 0.2) is 48.5 Å². The molecular weight excluding hydrogens is 324 g/mol. The van der Waals surface area contributed by atoms with E-state index in [1.807, 2.05) is 36.4 Å². The van der Waals surface area contributed by atoms with Crippen molar-refractivity contribution in [3.8, 4) is 5.75 Å². The SMILES string of the molecule is CC(CNCC(=O)Nc1ccccc1)C1(C)CCCc2ccc(O)cc21. The molecule has 0 saturated heterocycles. The van der Waals surface area contributed by atoms with Crippen LogP contribution in [0, 0.1) is 5.92 Å². The normalized spacial score (nSPS) is 20.2. The predicted molar refractivity (Wildman–Crippen MR) is 106 cm³/mol. The minimum atomic E-state index is -0.0322. The van der Waals surface area contributed by atoms with Gasteiger partial charge in [-0.2, -0.15) is 0 Å². The first kappa shape index (κ1) is 18.5. The van der Waals surface area contributed by atoms with E-state index in [-0.39, 0.29) is 11.3 Å². The van der Waals surface area contributed by atoms with E-state index in [1.54, 1.807) is 6.07 Å². The summed E-state index contributed by atoms with van der Waals surface area (Å²) < 4.78 is 0. The number of phenols is 1. The van der Waals surface area contributed by atoms with Gasteiger partial charge in [-0.05, 0) is 72.5 Å². The van der Waals surface area contributed by atoms with E-state index in [9.17, 15) is 9.90 Å². The number of hydrogen-bond acceptors (Lipinski definition) is 3. The molecule has 0 bridgehead atoms. The lowest BCUT2D eigenvalue weighted by molar-refractivity contribution is -0.115. The number of aromatic hydroxyl groups is 1. The molecule has 0 fully saturated rings. The van der Waals surface area contributed by atoms with E-state index in [0.717, 1.165) is 31.5 Å². The smallest absolute Gasteiger partial charge is 0.238 e. The topological polar surface area (TPSA) is 61.4 Å². The van der Waals surface area contributed by atoms with Crippen molar-refractivity contribution in [2.24, 2.45) is 5.92 Å². The van der Waals surface area contributed by atoms with Crippen molar-refractivity contribution >= 4 is 11.6 Å². The zero-order valence-electron chi connectivity index (χ0n) is 15.6. The van der Waals surface area contributed by atoms with Crippen LogP contribution in [0.5, 0.6) is 5.75 Å². The van der Waals surface area contributed by atoms with Gasteiger partial charge in [-0.15, -0.1) is 0 Å². The van der Waals surface area contributed by atoms with E-state index in [2.05, 4.69) is 30.5 Å². The van der Waals surface area contributed by atoms with Gasteiger partial charge in [-0.25, -0.2) is 0 Å². The molecule has 0 radical (unpaired) electrons. The Morgan fingerprint density at radius 3 is 2.77 bits per heavy atom. The highest BCUT2D eigenvalue weighted by atomic mass is 16.3. The van der Waals surface area contributed by atoms with Crippen molar-refractivity contribution < 1.29 is 9.90 Å². The van der Waals surface area contributed by atoms with Crippen LogP contribution < -0.4 is 10.6 Å². The minimum absolute atomic E-state index is 0.00916. The molecule has 2 aromatic rings. The van der Waals surface area contributed by atoms with Gasteiger partial charge in [0.25, 0.3) is 0 Å². The second-order valence-corrected chi connectivity index (χ2v) is 7.56. The second kappa shape index (κ2) is 7.92. The molecule has 2 aromatic carbocycles. The number of nitrogens with one attached hydrogen (secondary N) is 2. The predicted octanol–water partition coefficient (Wildman–Crippen LogP) is 3.85. The number of hydrogen-bond donors (Lipinski definition) is 3. The molecule has 2 atom stereocenters. The third-order valence-electron chi connectivity index (χ3n) is 5.73. The van der Waals surface area contributed by atoms with E-state index < -0.39 is 0 Å². The van der Waals surface area contributed by atoms with Gasteiger partial charge in [0.05, 0.1) is 6.54 Å². The van der Waals surface area contributed by atoms with Gasteiger partial charge in [0, 0.05) is 5.69 Å². The van der Waals surface area contributed by atoms with Crippen molar-refractivity contribution in [2.75, 3.05) is 18.4 Å². The molecule has 1 aliphatic rings. The van der Waals surface area contributed by atoms with Crippen molar-refractivity contribution in [1.82, 2.24) is 5.32 Å². The quantitative estimate of drug-likeness (QED) is 0.740. The summed E-state index contributed by atoms with van der Waals surface area (Å²) in [5.41, 5.74) is 3.42. The van der Waals surface area contributed by atoms with E-state index in [1.165, 1.54) is 11.1 Å². The fourth-order valence-electron chi connectivity index (χ4n) is 3.96. The molecule has 4 heteroatoms. The van der Waals surface area contributed by atoms with E-state index in [0.29, 0.717) is 18.2 Å². The lowest BCUT2D eigenvalue weighted by atomic mass is 9.64. The zero-order chi connectivity index (χ0) is 18.6. The van der Waals surface area contributed by atoms with Crippen LogP contribution in [0.3, 0.4) is 0 Å². The van der Waals surface area contributed by atoms with E-state index >= 15 is 0 Å². The molecule has 0 aromatic heterocycles. The Morgan fingerprint density at radius 1 is 1.23 bits per heavy atom. The molecule has 3 rings (SSSR count). The van der Waals surface area contributed by atoms with Crippen LogP contribution in [-0.4, -0.2) is 24.1 Å². The molecule has 0 spiro atoms. The largest absolute Gasteiger partial charge is 0.508 e. The van der Waals surface area contributed by atoms with Gasteiger partial charge in [-0.3, -0.25) is 4.79 Å². The summed E-state index contributed by atoms with van der Waals surface area (Å²) in [6, 6.07) is 15.3. The van der Waals surface area contributed by atoms with Crippen molar-refractivity contribution in [2.45, 2.75) is 38.5 Å².